The molecule has 4 nitrogen and oxygen atoms in total. The largest absolute Gasteiger partial charge is 0.338 e. The molecule has 0 aliphatic rings. The highest BCUT2D eigenvalue weighted by Crippen LogP contribution is 2.07. The highest BCUT2D eigenvalue weighted by Gasteiger charge is 2.06. The molecule has 0 fully saturated rings. The minimum atomic E-state index is -0.0182. The second-order valence-electron chi connectivity index (χ2n) is 4.96. The Bertz CT molecular complexity index is 628. The number of aryl methyl sites for hydroxylation is 2. The van der Waals surface area contributed by atoms with Crippen LogP contribution >= 0.6 is 0 Å². The van der Waals surface area contributed by atoms with Gasteiger partial charge in [-0.05, 0) is 18.6 Å². The molecule has 1 aromatic carbocycles. The van der Waals surface area contributed by atoms with Crippen molar-refractivity contribution in [1.82, 2.24) is 14.7 Å². The van der Waals surface area contributed by atoms with Crippen LogP contribution in [0.5, 0.6) is 0 Å². The first-order valence-corrected chi connectivity index (χ1v) is 6.52. The van der Waals surface area contributed by atoms with Crippen molar-refractivity contribution >= 4 is 12.0 Å². The highest BCUT2D eigenvalue weighted by molar-refractivity contribution is 5.91. The molecular formula is C16H19N3O. The number of hydrogen-bond donors (Lipinski definition) is 0. The van der Waals surface area contributed by atoms with Crippen LogP contribution in [0.15, 0.2) is 42.7 Å². The van der Waals surface area contributed by atoms with Crippen molar-refractivity contribution in [1.29, 1.82) is 0 Å². The maximum absolute atomic E-state index is 12.0. The van der Waals surface area contributed by atoms with E-state index in [4.69, 9.17) is 0 Å². The fourth-order valence-corrected chi connectivity index (χ4v) is 1.97. The van der Waals surface area contributed by atoms with Crippen molar-refractivity contribution in [3.05, 3.63) is 59.4 Å². The maximum Gasteiger partial charge on any atom is 0.246 e. The lowest BCUT2D eigenvalue weighted by Gasteiger charge is -2.13. The van der Waals surface area contributed by atoms with E-state index in [9.17, 15) is 4.79 Å². The topological polar surface area (TPSA) is 38.1 Å². The average molecular weight is 269 g/mol. The van der Waals surface area contributed by atoms with E-state index in [2.05, 4.69) is 5.10 Å². The van der Waals surface area contributed by atoms with Gasteiger partial charge in [-0.25, -0.2) is 0 Å². The summed E-state index contributed by atoms with van der Waals surface area (Å²) >= 11 is 0. The molecule has 4 heteroatoms. The van der Waals surface area contributed by atoms with Gasteiger partial charge in [-0.1, -0.05) is 29.8 Å². The van der Waals surface area contributed by atoms with Gasteiger partial charge in [0, 0.05) is 38.5 Å². The zero-order chi connectivity index (χ0) is 14.5. The Morgan fingerprint density at radius 2 is 2.25 bits per heavy atom. The van der Waals surface area contributed by atoms with E-state index in [1.165, 1.54) is 5.56 Å². The highest BCUT2D eigenvalue weighted by atomic mass is 16.2. The maximum atomic E-state index is 12.0. The summed E-state index contributed by atoms with van der Waals surface area (Å²) in [6.07, 6.45) is 7.13. The molecule has 0 aliphatic heterocycles. The average Bonchev–Trinajstić information content (AvgIpc) is 2.81. The summed E-state index contributed by atoms with van der Waals surface area (Å²) in [5, 5.41) is 4.09. The first kappa shape index (κ1) is 14.1. The Hall–Kier alpha value is -2.36. The molecule has 0 saturated heterocycles. The summed E-state index contributed by atoms with van der Waals surface area (Å²) < 4.78 is 1.73. The number of amides is 1. The first-order valence-electron chi connectivity index (χ1n) is 6.52. The second kappa shape index (κ2) is 6.19. The Morgan fingerprint density at radius 3 is 2.90 bits per heavy atom. The van der Waals surface area contributed by atoms with Gasteiger partial charge in [0.15, 0.2) is 0 Å². The number of nitrogens with zero attached hydrogens (tertiary/aromatic N) is 3. The van der Waals surface area contributed by atoms with E-state index >= 15 is 0 Å². The predicted molar refractivity (Wildman–Crippen MR) is 79.9 cm³/mol. The van der Waals surface area contributed by atoms with Crippen molar-refractivity contribution in [3.8, 4) is 0 Å². The normalized spacial score (nSPS) is 10.9. The number of likely N-dealkylation sites (N-methyl/N-ethyl adjacent to an activating group) is 1. The molecule has 0 N–H and O–H groups in total. The van der Waals surface area contributed by atoms with Crippen LogP contribution < -0.4 is 0 Å². The number of hydrogen-bond acceptors (Lipinski definition) is 2. The number of benzene rings is 1. The summed E-state index contributed by atoms with van der Waals surface area (Å²) in [4.78, 5) is 13.7. The van der Waals surface area contributed by atoms with Crippen molar-refractivity contribution in [2.75, 3.05) is 7.05 Å². The Morgan fingerprint density at radius 1 is 1.45 bits per heavy atom. The molecule has 0 radical (unpaired) electrons. The lowest BCUT2D eigenvalue weighted by molar-refractivity contribution is -0.125. The Balaban J connectivity index is 1.97. The summed E-state index contributed by atoms with van der Waals surface area (Å²) in [5.41, 5.74) is 3.24. The monoisotopic (exact) mass is 269 g/mol. The van der Waals surface area contributed by atoms with E-state index in [-0.39, 0.29) is 5.91 Å². The predicted octanol–water partition coefficient (Wildman–Crippen LogP) is 2.40. The third-order valence-corrected chi connectivity index (χ3v) is 3.01. The van der Waals surface area contributed by atoms with Crippen LogP contribution in [0.2, 0.25) is 0 Å². The van der Waals surface area contributed by atoms with Crippen molar-refractivity contribution in [2.24, 2.45) is 7.05 Å². The van der Waals surface area contributed by atoms with Crippen LogP contribution in [0.3, 0.4) is 0 Å². The van der Waals surface area contributed by atoms with Crippen molar-refractivity contribution in [3.63, 3.8) is 0 Å². The van der Waals surface area contributed by atoms with Gasteiger partial charge in [-0.15, -0.1) is 0 Å². The van der Waals surface area contributed by atoms with Crippen molar-refractivity contribution in [2.45, 2.75) is 13.5 Å². The van der Waals surface area contributed by atoms with E-state index in [0.29, 0.717) is 6.54 Å². The lowest BCUT2D eigenvalue weighted by atomic mass is 10.1. The fraction of sp³-hybridized carbons (Fsp3) is 0.250. The van der Waals surface area contributed by atoms with E-state index in [1.54, 1.807) is 28.9 Å². The van der Waals surface area contributed by atoms with E-state index in [0.717, 1.165) is 11.1 Å². The van der Waals surface area contributed by atoms with Gasteiger partial charge in [-0.2, -0.15) is 5.10 Å². The standard InChI is InChI=1S/C16H19N3O/c1-13-5-4-6-14(9-13)7-8-16(20)18(2)11-15-10-17-19(3)12-15/h4-10,12H,11H2,1-3H3/b8-7+. The van der Waals surface area contributed by atoms with E-state index < -0.39 is 0 Å². The molecule has 0 spiro atoms. The van der Waals surface area contributed by atoms with Crippen LogP contribution in [-0.2, 0) is 18.4 Å². The summed E-state index contributed by atoms with van der Waals surface area (Å²) in [6.45, 7) is 2.60. The van der Waals surface area contributed by atoms with Crippen LogP contribution in [-0.4, -0.2) is 27.6 Å². The van der Waals surface area contributed by atoms with Crippen LogP contribution in [0.4, 0.5) is 0 Å². The number of carbonyl (C=O) groups is 1. The number of carbonyl (C=O) groups excluding carboxylic acids is 1. The fourth-order valence-electron chi connectivity index (χ4n) is 1.97. The second-order valence-corrected chi connectivity index (χ2v) is 4.96. The van der Waals surface area contributed by atoms with Crippen LogP contribution in [0.25, 0.3) is 6.08 Å². The smallest absolute Gasteiger partial charge is 0.246 e. The van der Waals surface area contributed by atoms with Crippen LogP contribution in [0, 0.1) is 6.92 Å². The zero-order valence-electron chi connectivity index (χ0n) is 12.1. The Kier molecular flexibility index (Phi) is 4.35. The summed E-state index contributed by atoms with van der Waals surface area (Å²) in [6, 6.07) is 8.05. The molecular weight excluding hydrogens is 250 g/mol. The van der Waals surface area contributed by atoms with Gasteiger partial charge in [0.25, 0.3) is 0 Å². The molecule has 104 valence electrons. The molecule has 1 aromatic heterocycles. The third kappa shape index (κ3) is 3.82. The van der Waals surface area contributed by atoms with Gasteiger partial charge in [0.05, 0.1) is 6.20 Å². The lowest BCUT2D eigenvalue weighted by Crippen LogP contribution is -2.23. The minimum Gasteiger partial charge on any atom is -0.338 e. The molecule has 2 rings (SSSR count). The number of rotatable bonds is 4. The van der Waals surface area contributed by atoms with Crippen molar-refractivity contribution < 1.29 is 4.79 Å². The molecule has 20 heavy (non-hydrogen) atoms. The summed E-state index contributed by atoms with van der Waals surface area (Å²) in [7, 11) is 3.65. The minimum absolute atomic E-state index is 0.0182. The molecule has 0 unspecified atom stereocenters. The number of aromatic nitrogens is 2. The molecule has 1 amide bonds. The zero-order valence-corrected chi connectivity index (χ0v) is 12.1. The van der Waals surface area contributed by atoms with Gasteiger partial charge < -0.3 is 4.90 Å². The van der Waals surface area contributed by atoms with Gasteiger partial charge >= 0.3 is 0 Å². The molecule has 0 atom stereocenters. The molecule has 0 aliphatic carbocycles. The van der Waals surface area contributed by atoms with Crippen LogP contribution in [0.1, 0.15) is 16.7 Å². The third-order valence-electron chi connectivity index (χ3n) is 3.01. The SMILES string of the molecule is Cc1cccc(/C=C/C(=O)N(C)Cc2cnn(C)c2)c1. The molecule has 0 saturated carbocycles. The first-order chi connectivity index (χ1) is 9.54. The van der Waals surface area contributed by atoms with E-state index in [1.807, 2.05) is 50.5 Å². The van der Waals surface area contributed by atoms with Gasteiger partial charge in [0.1, 0.15) is 0 Å². The van der Waals surface area contributed by atoms with Gasteiger partial charge in [0.2, 0.25) is 5.91 Å². The molecule has 2 aromatic rings. The molecule has 0 bridgehead atoms. The summed E-state index contributed by atoms with van der Waals surface area (Å²) in [5.74, 6) is -0.0182. The Labute approximate surface area is 119 Å². The molecule has 1 heterocycles. The van der Waals surface area contributed by atoms with Gasteiger partial charge in [-0.3, -0.25) is 9.48 Å². The quantitative estimate of drug-likeness (QED) is 0.799.